The van der Waals surface area contributed by atoms with Gasteiger partial charge in [0.25, 0.3) is 0 Å². The van der Waals surface area contributed by atoms with Gasteiger partial charge in [-0.2, -0.15) is 0 Å². The highest BCUT2D eigenvalue weighted by Crippen LogP contribution is 2.36. The number of alkyl halides is 1. The second-order valence-electron chi connectivity index (χ2n) is 3.58. The zero-order chi connectivity index (χ0) is 10.3. The van der Waals surface area contributed by atoms with Crippen molar-refractivity contribution in [2.45, 2.75) is 58.0 Å². The first kappa shape index (κ1) is 13.4. The van der Waals surface area contributed by atoms with Crippen molar-refractivity contribution < 1.29 is 4.39 Å². The van der Waals surface area contributed by atoms with Gasteiger partial charge in [-0.05, 0) is 35.4 Å². The van der Waals surface area contributed by atoms with Crippen LogP contribution in [0.15, 0.2) is 10.2 Å². The molecule has 0 fully saturated rings. The van der Waals surface area contributed by atoms with E-state index in [1.165, 1.54) is 0 Å². The van der Waals surface area contributed by atoms with Gasteiger partial charge in [0.15, 0.2) is 0 Å². The predicted octanol–water partition coefficient (Wildman–Crippen LogP) is 5.02. The molecule has 0 aliphatic carbocycles. The van der Waals surface area contributed by atoms with E-state index in [1.807, 2.05) is 22.6 Å². The van der Waals surface area contributed by atoms with E-state index in [0.29, 0.717) is 16.4 Å². The van der Waals surface area contributed by atoms with E-state index in [1.54, 1.807) is 0 Å². The summed E-state index contributed by atoms with van der Waals surface area (Å²) in [5.41, 5.74) is -1.10. The highest BCUT2D eigenvalue weighted by Gasteiger charge is 2.30. The van der Waals surface area contributed by atoms with E-state index in [2.05, 4.69) is 20.4 Å². The first-order valence-corrected chi connectivity index (χ1v) is 6.18. The first-order valence-electron chi connectivity index (χ1n) is 5.10. The van der Waals surface area contributed by atoms with Crippen molar-refractivity contribution in [3.8, 4) is 0 Å². The quantitative estimate of drug-likeness (QED) is 0.579. The molecule has 78 valence electrons. The fourth-order valence-electron chi connectivity index (χ4n) is 1.31. The van der Waals surface area contributed by atoms with Crippen LogP contribution in [-0.4, -0.2) is 5.67 Å². The predicted molar refractivity (Wildman–Crippen MR) is 66.0 cm³/mol. The van der Waals surface area contributed by atoms with Crippen molar-refractivity contribution in [3.63, 3.8) is 0 Å². The summed E-state index contributed by atoms with van der Waals surface area (Å²) in [7, 11) is 0. The van der Waals surface area contributed by atoms with Gasteiger partial charge in [-0.1, -0.05) is 46.1 Å². The summed E-state index contributed by atoms with van der Waals surface area (Å²) >= 11 is 2.03. The lowest BCUT2D eigenvalue weighted by atomic mass is 9.93. The van der Waals surface area contributed by atoms with Gasteiger partial charge >= 0.3 is 0 Å². The van der Waals surface area contributed by atoms with Gasteiger partial charge in [0.1, 0.15) is 5.67 Å². The third-order valence-corrected chi connectivity index (χ3v) is 3.31. The fourth-order valence-corrected chi connectivity index (χ4v) is 1.85. The van der Waals surface area contributed by atoms with Gasteiger partial charge in [-0.15, -0.1) is 0 Å². The van der Waals surface area contributed by atoms with Crippen LogP contribution in [-0.2, 0) is 0 Å². The maximum Gasteiger partial charge on any atom is 0.141 e. The van der Waals surface area contributed by atoms with Gasteiger partial charge in [0.2, 0.25) is 0 Å². The Kier molecular flexibility index (Phi) is 7.00. The molecule has 0 spiro atoms. The number of allylic oxidation sites excluding steroid dienone is 1. The number of rotatable bonds is 7. The molecular formula is C11H20FI. The monoisotopic (exact) mass is 298 g/mol. The Morgan fingerprint density at radius 1 is 1.23 bits per heavy atom. The third kappa shape index (κ3) is 4.99. The molecule has 0 atom stereocenters. The molecule has 0 bridgehead atoms. The molecule has 0 saturated heterocycles. The number of unbranched alkanes of at least 4 members (excludes halogenated alkanes) is 2. The van der Waals surface area contributed by atoms with Crippen LogP contribution in [0.25, 0.3) is 0 Å². The topological polar surface area (TPSA) is 0 Å². The highest BCUT2D eigenvalue weighted by atomic mass is 127. The highest BCUT2D eigenvalue weighted by molar-refractivity contribution is 14.1. The summed E-state index contributed by atoms with van der Waals surface area (Å²) in [5, 5.41) is 0. The molecular weight excluding hydrogens is 278 g/mol. The number of hydrogen-bond acceptors (Lipinski definition) is 0. The van der Waals surface area contributed by atoms with Crippen LogP contribution < -0.4 is 0 Å². The molecule has 0 heterocycles. The summed E-state index contributed by atoms with van der Waals surface area (Å²) in [6.07, 6.45) is 5.32. The lowest BCUT2D eigenvalue weighted by Gasteiger charge is -2.24. The minimum absolute atomic E-state index is 0.644. The number of hydrogen-bond donors (Lipinski definition) is 0. The van der Waals surface area contributed by atoms with Gasteiger partial charge in [0, 0.05) is 3.58 Å². The smallest absolute Gasteiger partial charge is 0.141 e. The summed E-state index contributed by atoms with van der Waals surface area (Å²) in [6, 6.07) is 0. The minimum atomic E-state index is -1.10. The van der Waals surface area contributed by atoms with E-state index >= 15 is 0 Å². The minimum Gasteiger partial charge on any atom is -0.238 e. The lowest BCUT2D eigenvalue weighted by molar-refractivity contribution is 0.187. The van der Waals surface area contributed by atoms with Crippen molar-refractivity contribution in [1.29, 1.82) is 0 Å². The van der Waals surface area contributed by atoms with E-state index in [0.717, 1.165) is 25.7 Å². The molecule has 0 radical (unpaired) electrons. The lowest BCUT2D eigenvalue weighted by Crippen LogP contribution is -2.22. The van der Waals surface area contributed by atoms with Crippen LogP contribution in [0.5, 0.6) is 0 Å². The van der Waals surface area contributed by atoms with Crippen LogP contribution in [0.2, 0.25) is 0 Å². The summed E-state index contributed by atoms with van der Waals surface area (Å²) in [4.78, 5) is 0. The van der Waals surface area contributed by atoms with Crippen molar-refractivity contribution in [1.82, 2.24) is 0 Å². The first-order chi connectivity index (χ1) is 6.06. The van der Waals surface area contributed by atoms with Gasteiger partial charge < -0.3 is 0 Å². The SMILES string of the molecule is C=C(I)C(F)(CCCC)CCCC. The van der Waals surface area contributed by atoms with E-state index < -0.39 is 5.67 Å². The van der Waals surface area contributed by atoms with Crippen molar-refractivity contribution in [3.05, 3.63) is 10.2 Å². The molecule has 2 heteroatoms. The Morgan fingerprint density at radius 2 is 1.62 bits per heavy atom. The zero-order valence-corrected chi connectivity index (χ0v) is 10.9. The van der Waals surface area contributed by atoms with Crippen LogP contribution in [0, 0.1) is 0 Å². The molecule has 13 heavy (non-hydrogen) atoms. The Labute approximate surface area is 95.1 Å². The normalized spacial score (nSPS) is 11.7. The Bertz CT molecular complexity index is 146. The molecule has 0 rings (SSSR count). The summed E-state index contributed by atoms with van der Waals surface area (Å²) in [6.45, 7) is 7.93. The van der Waals surface area contributed by atoms with Gasteiger partial charge in [-0.25, -0.2) is 4.39 Å². The molecule has 0 saturated carbocycles. The molecule has 0 N–H and O–H groups in total. The van der Waals surface area contributed by atoms with Crippen LogP contribution in [0.3, 0.4) is 0 Å². The summed E-state index contributed by atoms with van der Waals surface area (Å²) < 4.78 is 14.9. The molecule has 0 aromatic rings. The second-order valence-corrected chi connectivity index (χ2v) is 4.88. The maximum absolute atomic E-state index is 14.2. The van der Waals surface area contributed by atoms with E-state index in [4.69, 9.17) is 0 Å². The van der Waals surface area contributed by atoms with E-state index in [9.17, 15) is 4.39 Å². The van der Waals surface area contributed by atoms with Crippen LogP contribution in [0.1, 0.15) is 52.4 Å². The summed E-state index contributed by atoms with van der Waals surface area (Å²) in [5.74, 6) is 0. The molecule has 0 aliphatic heterocycles. The van der Waals surface area contributed by atoms with Crippen molar-refractivity contribution in [2.24, 2.45) is 0 Å². The molecule has 0 aromatic heterocycles. The maximum atomic E-state index is 14.2. The average Bonchev–Trinajstić information content (AvgIpc) is 2.11. The molecule has 0 aromatic carbocycles. The Hall–Kier alpha value is 0.400. The molecule has 0 aliphatic rings. The van der Waals surface area contributed by atoms with Crippen LogP contribution >= 0.6 is 22.6 Å². The van der Waals surface area contributed by atoms with Gasteiger partial charge in [-0.3, -0.25) is 0 Å². The molecule has 0 amide bonds. The fraction of sp³-hybridized carbons (Fsp3) is 0.818. The third-order valence-electron chi connectivity index (χ3n) is 2.34. The van der Waals surface area contributed by atoms with Crippen LogP contribution in [0.4, 0.5) is 4.39 Å². The average molecular weight is 298 g/mol. The van der Waals surface area contributed by atoms with E-state index in [-0.39, 0.29) is 0 Å². The number of halogens is 2. The zero-order valence-electron chi connectivity index (χ0n) is 8.71. The Balaban J connectivity index is 4.08. The van der Waals surface area contributed by atoms with Crippen molar-refractivity contribution in [2.75, 3.05) is 0 Å². The molecule has 0 unspecified atom stereocenters. The van der Waals surface area contributed by atoms with Crippen molar-refractivity contribution >= 4 is 22.6 Å². The van der Waals surface area contributed by atoms with Gasteiger partial charge in [0.05, 0.1) is 0 Å². The largest absolute Gasteiger partial charge is 0.238 e. The Morgan fingerprint density at radius 3 is 1.85 bits per heavy atom. The molecule has 0 nitrogen and oxygen atoms in total. The second kappa shape index (κ2) is 6.80. The standard InChI is InChI=1S/C11H20FI/c1-4-6-8-11(12,10(3)13)9-7-5-2/h3-9H2,1-2H3.